The lowest BCUT2D eigenvalue weighted by atomic mass is 10.0. The summed E-state index contributed by atoms with van der Waals surface area (Å²) in [4.78, 5) is 0. The van der Waals surface area contributed by atoms with Gasteiger partial charge in [0.25, 0.3) is 0 Å². The fraction of sp³-hybridized carbons (Fsp3) is 0.684. The van der Waals surface area contributed by atoms with Gasteiger partial charge in [-0.3, -0.25) is 4.31 Å². The van der Waals surface area contributed by atoms with Crippen molar-refractivity contribution >= 4 is 21.4 Å². The Bertz CT molecular complexity index is 735. The van der Waals surface area contributed by atoms with Crippen LogP contribution >= 0.6 is 0 Å². The lowest BCUT2D eigenvalue weighted by Crippen LogP contribution is -2.26. The van der Waals surface area contributed by atoms with Crippen LogP contribution in [0.3, 0.4) is 0 Å². The zero-order valence-corrected chi connectivity index (χ0v) is 15.9. The SMILES string of the molecule is COC1C[C@H]2CC(Nc3ccc(C)c(N4CCCS4(=O)=O)c3)C[C@H]2C1. The Morgan fingerprint density at radius 3 is 2.48 bits per heavy atom. The Hall–Kier alpha value is -1.27. The van der Waals surface area contributed by atoms with Crippen LogP contribution in [0.5, 0.6) is 0 Å². The number of sulfonamides is 1. The van der Waals surface area contributed by atoms with Gasteiger partial charge in [0.05, 0.1) is 17.5 Å². The van der Waals surface area contributed by atoms with E-state index in [2.05, 4.69) is 11.4 Å². The lowest BCUT2D eigenvalue weighted by Gasteiger charge is -2.22. The van der Waals surface area contributed by atoms with Gasteiger partial charge in [-0.25, -0.2) is 8.42 Å². The summed E-state index contributed by atoms with van der Waals surface area (Å²) in [6, 6.07) is 6.61. The summed E-state index contributed by atoms with van der Waals surface area (Å²) >= 11 is 0. The second-order valence-corrected chi connectivity index (χ2v) is 9.92. The van der Waals surface area contributed by atoms with Gasteiger partial charge in [0.2, 0.25) is 10.0 Å². The predicted molar refractivity (Wildman–Crippen MR) is 101 cm³/mol. The summed E-state index contributed by atoms with van der Waals surface area (Å²) in [6.07, 6.45) is 5.91. The van der Waals surface area contributed by atoms with Gasteiger partial charge >= 0.3 is 0 Å². The number of fused-ring (bicyclic) bond motifs is 1. The number of hydrogen-bond donors (Lipinski definition) is 1. The highest BCUT2D eigenvalue weighted by Gasteiger charge is 2.41. The molecule has 3 aliphatic rings. The maximum absolute atomic E-state index is 12.3. The van der Waals surface area contributed by atoms with E-state index in [0.29, 0.717) is 25.1 Å². The van der Waals surface area contributed by atoms with E-state index in [9.17, 15) is 8.42 Å². The standard InChI is InChI=1S/C19H28N2O3S/c1-13-4-5-16(12-19(13)21-6-3-7-25(21,22)23)20-17-8-14-10-18(24-2)11-15(14)9-17/h4-5,12,14-15,17-18,20H,3,6-11H2,1-2H3/t14-,15+,17?,18?. The first kappa shape index (κ1) is 17.2. The molecule has 1 heterocycles. The summed E-state index contributed by atoms with van der Waals surface area (Å²) < 4.78 is 31.6. The molecular formula is C19H28N2O3S. The Morgan fingerprint density at radius 1 is 1.16 bits per heavy atom. The van der Waals surface area contributed by atoms with E-state index in [-0.39, 0.29) is 5.75 Å². The van der Waals surface area contributed by atoms with Crippen molar-refractivity contribution in [2.24, 2.45) is 11.8 Å². The van der Waals surface area contributed by atoms with Gasteiger partial charge in [0.15, 0.2) is 0 Å². The fourth-order valence-electron chi connectivity index (χ4n) is 4.98. The first-order chi connectivity index (χ1) is 12.0. The molecule has 0 spiro atoms. The first-order valence-corrected chi connectivity index (χ1v) is 11.0. The van der Waals surface area contributed by atoms with Crippen molar-refractivity contribution < 1.29 is 13.2 Å². The molecule has 1 N–H and O–H groups in total. The van der Waals surface area contributed by atoms with E-state index in [1.165, 1.54) is 25.7 Å². The molecule has 4 rings (SSSR count). The molecule has 4 atom stereocenters. The van der Waals surface area contributed by atoms with Crippen LogP contribution in [0.2, 0.25) is 0 Å². The highest BCUT2D eigenvalue weighted by molar-refractivity contribution is 7.93. The van der Waals surface area contributed by atoms with Crippen molar-refractivity contribution in [2.45, 2.75) is 51.2 Å². The first-order valence-electron chi connectivity index (χ1n) is 9.36. The molecule has 0 amide bonds. The second-order valence-electron chi connectivity index (χ2n) is 7.90. The van der Waals surface area contributed by atoms with Gasteiger partial charge in [-0.05, 0) is 68.6 Å². The minimum Gasteiger partial charge on any atom is -0.382 e. The number of anilines is 2. The largest absolute Gasteiger partial charge is 0.382 e. The Kier molecular flexibility index (Phi) is 4.44. The summed E-state index contributed by atoms with van der Waals surface area (Å²) in [7, 11) is -1.32. The molecule has 2 saturated carbocycles. The molecule has 1 aromatic rings. The van der Waals surface area contributed by atoms with Crippen LogP contribution in [0.15, 0.2) is 18.2 Å². The third kappa shape index (κ3) is 3.26. The van der Waals surface area contributed by atoms with Crippen molar-refractivity contribution in [3.63, 3.8) is 0 Å². The summed E-state index contributed by atoms with van der Waals surface area (Å²) in [6.45, 7) is 2.58. The number of ether oxygens (including phenoxy) is 1. The predicted octanol–water partition coefficient (Wildman–Crippen LogP) is 3.15. The third-order valence-electron chi connectivity index (χ3n) is 6.25. The number of nitrogens with one attached hydrogen (secondary N) is 1. The molecule has 5 nitrogen and oxygen atoms in total. The second kappa shape index (κ2) is 6.47. The minimum atomic E-state index is -3.14. The maximum atomic E-state index is 12.3. The number of rotatable bonds is 4. The molecule has 2 aliphatic carbocycles. The quantitative estimate of drug-likeness (QED) is 0.892. The molecule has 3 fully saturated rings. The summed E-state index contributed by atoms with van der Waals surface area (Å²) in [5, 5.41) is 3.66. The average Bonchev–Trinajstić information content (AvgIpc) is 3.21. The van der Waals surface area contributed by atoms with Crippen molar-refractivity contribution in [3.05, 3.63) is 23.8 Å². The van der Waals surface area contributed by atoms with Gasteiger partial charge < -0.3 is 10.1 Å². The Morgan fingerprint density at radius 2 is 1.88 bits per heavy atom. The molecule has 0 bridgehead atoms. The average molecular weight is 365 g/mol. The third-order valence-corrected chi connectivity index (χ3v) is 8.11. The van der Waals surface area contributed by atoms with Gasteiger partial charge in [-0.2, -0.15) is 0 Å². The Labute approximate surface area is 150 Å². The number of nitrogens with zero attached hydrogens (tertiary/aromatic N) is 1. The van der Waals surface area contributed by atoms with Crippen LogP contribution in [0, 0.1) is 18.8 Å². The minimum absolute atomic E-state index is 0.261. The highest BCUT2D eigenvalue weighted by Crippen LogP contribution is 2.46. The van der Waals surface area contributed by atoms with E-state index < -0.39 is 10.0 Å². The van der Waals surface area contributed by atoms with Gasteiger partial charge in [-0.15, -0.1) is 0 Å². The number of benzene rings is 1. The zero-order valence-electron chi connectivity index (χ0n) is 15.1. The molecule has 0 aromatic heterocycles. The lowest BCUT2D eigenvalue weighted by molar-refractivity contribution is 0.101. The van der Waals surface area contributed by atoms with E-state index in [0.717, 1.165) is 28.8 Å². The van der Waals surface area contributed by atoms with Crippen molar-refractivity contribution in [1.82, 2.24) is 0 Å². The van der Waals surface area contributed by atoms with E-state index in [1.54, 1.807) is 4.31 Å². The van der Waals surface area contributed by atoms with Crippen LogP contribution in [0.1, 0.15) is 37.7 Å². The van der Waals surface area contributed by atoms with Gasteiger partial charge in [0.1, 0.15) is 0 Å². The molecule has 1 aliphatic heterocycles. The topological polar surface area (TPSA) is 58.6 Å². The molecule has 25 heavy (non-hydrogen) atoms. The van der Waals surface area contributed by atoms with E-state index in [1.807, 2.05) is 26.2 Å². The van der Waals surface area contributed by atoms with Crippen molar-refractivity contribution in [1.29, 1.82) is 0 Å². The molecular weight excluding hydrogens is 336 g/mol. The zero-order chi connectivity index (χ0) is 17.6. The summed E-state index contributed by atoms with van der Waals surface area (Å²) in [5.74, 6) is 1.80. The van der Waals surface area contributed by atoms with Crippen LogP contribution in [0.25, 0.3) is 0 Å². The van der Waals surface area contributed by atoms with E-state index in [4.69, 9.17) is 4.74 Å². The molecule has 2 unspecified atom stereocenters. The van der Waals surface area contributed by atoms with Crippen molar-refractivity contribution in [3.8, 4) is 0 Å². The normalized spacial score (nSPS) is 33.6. The molecule has 0 radical (unpaired) electrons. The van der Waals surface area contributed by atoms with Gasteiger partial charge in [0, 0.05) is 25.4 Å². The molecule has 6 heteroatoms. The van der Waals surface area contributed by atoms with Gasteiger partial charge in [-0.1, -0.05) is 6.07 Å². The van der Waals surface area contributed by atoms with Crippen LogP contribution in [-0.2, 0) is 14.8 Å². The molecule has 1 aromatic carbocycles. The van der Waals surface area contributed by atoms with Crippen LogP contribution in [0.4, 0.5) is 11.4 Å². The monoisotopic (exact) mass is 364 g/mol. The smallest absolute Gasteiger partial charge is 0.235 e. The van der Waals surface area contributed by atoms with Crippen LogP contribution < -0.4 is 9.62 Å². The maximum Gasteiger partial charge on any atom is 0.235 e. The van der Waals surface area contributed by atoms with Crippen LogP contribution in [-0.4, -0.2) is 40.0 Å². The van der Waals surface area contributed by atoms with E-state index >= 15 is 0 Å². The van der Waals surface area contributed by atoms with Crippen molar-refractivity contribution in [2.75, 3.05) is 29.0 Å². The molecule has 138 valence electrons. The fourth-order valence-corrected chi connectivity index (χ4v) is 6.60. The number of methoxy groups -OCH3 is 1. The highest BCUT2D eigenvalue weighted by atomic mass is 32.2. The Balaban J connectivity index is 1.47. The number of aryl methyl sites for hydroxylation is 1. The molecule has 1 saturated heterocycles. The summed E-state index contributed by atoms with van der Waals surface area (Å²) in [5.41, 5.74) is 2.89. The number of hydrogen-bond acceptors (Lipinski definition) is 4.